The lowest BCUT2D eigenvalue weighted by Crippen LogP contribution is -2.54. The number of hydrogen-bond donors (Lipinski definition) is 1. The molecule has 0 unspecified atom stereocenters. The van der Waals surface area contributed by atoms with Crippen LogP contribution in [-0.4, -0.2) is 43.3 Å². The van der Waals surface area contributed by atoms with Crippen molar-refractivity contribution in [1.82, 2.24) is 10.2 Å². The lowest BCUT2D eigenvalue weighted by atomic mass is 10.1. The van der Waals surface area contributed by atoms with E-state index >= 15 is 0 Å². The quantitative estimate of drug-likeness (QED) is 0.340. The number of rotatable bonds is 9. The first-order chi connectivity index (χ1) is 18.2. The van der Waals surface area contributed by atoms with Gasteiger partial charge in [-0.2, -0.15) is 0 Å². The van der Waals surface area contributed by atoms with E-state index in [0.29, 0.717) is 15.6 Å². The van der Waals surface area contributed by atoms with Gasteiger partial charge < -0.3 is 10.2 Å². The lowest BCUT2D eigenvalue weighted by Gasteiger charge is -2.34. The molecule has 2 amide bonds. The fourth-order valence-corrected chi connectivity index (χ4v) is 5.73. The molecule has 0 aliphatic carbocycles. The van der Waals surface area contributed by atoms with E-state index in [1.807, 2.05) is 20.8 Å². The average molecular weight is 591 g/mol. The van der Waals surface area contributed by atoms with Crippen molar-refractivity contribution < 1.29 is 18.0 Å². The van der Waals surface area contributed by atoms with Gasteiger partial charge in [-0.15, -0.1) is 0 Å². The van der Waals surface area contributed by atoms with Crippen LogP contribution in [0, 0.1) is 6.92 Å². The number of hydrogen-bond acceptors (Lipinski definition) is 4. The van der Waals surface area contributed by atoms with E-state index < -0.39 is 34.1 Å². The summed E-state index contributed by atoms with van der Waals surface area (Å²) in [5, 5.41) is 3.80. The summed E-state index contributed by atoms with van der Waals surface area (Å²) < 4.78 is 28.8. The van der Waals surface area contributed by atoms with E-state index in [-0.39, 0.29) is 23.0 Å². The highest BCUT2D eigenvalue weighted by molar-refractivity contribution is 7.92. The van der Waals surface area contributed by atoms with E-state index in [4.69, 9.17) is 23.2 Å². The maximum Gasteiger partial charge on any atom is 0.264 e. The average Bonchev–Trinajstić information content (AvgIpc) is 2.87. The molecule has 1 N–H and O–H groups in total. The summed E-state index contributed by atoms with van der Waals surface area (Å²) in [5.74, 6) is -0.915. The first-order valence-corrected chi connectivity index (χ1v) is 14.6. The molecule has 1 atom stereocenters. The molecule has 0 aromatic heterocycles. The Morgan fingerprint density at radius 3 is 2.13 bits per heavy atom. The van der Waals surface area contributed by atoms with Crippen LogP contribution in [0.1, 0.15) is 38.8 Å². The molecule has 0 radical (unpaired) electrons. The van der Waals surface area contributed by atoms with Gasteiger partial charge >= 0.3 is 0 Å². The van der Waals surface area contributed by atoms with Crippen LogP contribution in [0.25, 0.3) is 0 Å². The molecule has 39 heavy (non-hydrogen) atoms. The van der Waals surface area contributed by atoms with E-state index in [0.717, 1.165) is 9.87 Å². The van der Waals surface area contributed by atoms with E-state index in [1.54, 1.807) is 74.5 Å². The molecule has 0 fully saturated rings. The van der Waals surface area contributed by atoms with Crippen molar-refractivity contribution >= 4 is 50.7 Å². The summed E-state index contributed by atoms with van der Waals surface area (Å²) in [6.07, 6.45) is 0. The van der Waals surface area contributed by atoms with E-state index in [2.05, 4.69) is 5.32 Å². The maximum atomic E-state index is 14.0. The molecule has 3 rings (SSSR count). The molecule has 0 saturated carbocycles. The molecule has 0 spiro atoms. The van der Waals surface area contributed by atoms with Crippen LogP contribution in [0.5, 0.6) is 0 Å². The second-order valence-electron chi connectivity index (χ2n) is 10.3. The second kappa shape index (κ2) is 12.4. The number of carbonyl (C=O) groups excluding carboxylic acids is 2. The zero-order valence-electron chi connectivity index (χ0n) is 22.6. The Hall–Kier alpha value is -3.07. The van der Waals surface area contributed by atoms with Gasteiger partial charge in [-0.05, 0) is 82.1 Å². The summed E-state index contributed by atoms with van der Waals surface area (Å²) in [7, 11) is -4.17. The van der Waals surface area contributed by atoms with E-state index in [1.165, 1.54) is 17.0 Å². The molecule has 0 heterocycles. The minimum absolute atomic E-state index is 0.0277. The Bertz CT molecular complexity index is 1420. The van der Waals surface area contributed by atoms with Crippen molar-refractivity contribution in [2.24, 2.45) is 0 Å². The lowest BCUT2D eigenvalue weighted by molar-refractivity contribution is -0.140. The minimum atomic E-state index is -4.17. The van der Waals surface area contributed by atoms with Gasteiger partial charge in [0, 0.05) is 22.1 Å². The SMILES string of the molecule is Cc1c(Cl)cccc1N(CC(=O)N(Cc1ccc(Cl)cc1)[C@@H](C)C(=O)NC(C)(C)C)S(=O)(=O)c1ccccc1. The molecular weight excluding hydrogens is 557 g/mol. The van der Waals surface area contributed by atoms with Gasteiger partial charge in [0.15, 0.2) is 0 Å². The Labute approximate surface area is 240 Å². The number of halogens is 2. The molecule has 208 valence electrons. The Morgan fingerprint density at radius 1 is 0.923 bits per heavy atom. The molecule has 0 bridgehead atoms. The van der Waals surface area contributed by atoms with Gasteiger partial charge in [0.1, 0.15) is 12.6 Å². The summed E-state index contributed by atoms with van der Waals surface area (Å²) in [6.45, 7) is 8.38. The highest BCUT2D eigenvalue weighted by Gasteiger charge is 2.34. The minimum Gasteiger partial charge on any atom is -0.350 e. The predicted molar refractivity (Wildman–Crippen MR) is 157 cm³/mol. The van der Waals surface area contributed by atoms with Crippen molar-refractivity contribution in [2.45, 2.75) is 57.6 Å². The molecule has 0 aliphatic heterocycles. The number of nitrogens with zero attached hydrogens (tertiary/aromatic N) is 2. The van der Waals surface area contributed by atoms with Crippen LogP contribution < -0.4 is 9.62 Å². The van der Waals surface area contributed by atoms with Gasteiger partial charge in [0.25, 0.3) is 10.0 Å². The van der Waals surface area contributed by atoms with Crippen LogP contribution in [0.3, 0.4) is 0 Å². The van der Waals surface area contributed by atoms with Gasteiger partial charge in [-0.25, -0.2) is 8.42 Å². The highest BCUT2D eigenvalue weighted by Crippen LogP contribution is 2.31. The van der Waals surface area contributed by atoms with Crippen LogP contribution in [-0.2, 0) is 26.2 Å². The summed E-state index contributed by atoms with van der Waals surface area (Å²) in [4.78, 5) is 28.5. The third-order valence-electron chi connectivity index (χ3n) is 6.05. The molecular formula is C29H33Cl2N3O4S. The number of anilines is 1. The van der Waals surface area contributed by atoms with E-state index in [9.17, 15) is 18.0 Å². The van der Waals surface area contributed by atoms with Gasteiger partial charge in [-0.1, -0.05) is 59.6 Å². The largest absolute Gasteiger partial charge is 0.350 e. The van der Waals surface area contributed by atoms with Gasteiger partial charge in [0.05, 0.1) is 10.6 Å². The number of nitrogens with one attached hydrogen (secondary N) is 1. The highest BCUT2D eigenvalue weighted by atomic mass is 35.5. The first-order valence-electron chi connectivity index (χ1n) is 12.4. The summed E-state index contributed by atoms with van der Waals surface area (Å²) in [6, 6.07) is 18.8. The Kier molecular flexibility index (Phi) is 9.69. The van der Waals surface area contributed by atoms with Crippen molar-refractivity contribution in [1.29, 1.82) is 0 Å². The van der Waals surface area contributed by atoms with Crippen molar-refractivity contribution in [2.75, 3.05) is 10.8 Å². The molecule has 0 saturated heterocycles. The molecule has 10 heteroatoms. The van der Waals surface area contributed by atoms with Crippen molar-refractivity contribution in [3.63, 3.8) is 0 Å². The fourth-order valence-electron chi connectivity index (χ4n) is 3.94. The van der Waals surface area contributed by atoms with Crippen LogP contribution in [0.15, 0.2) is 77.7 Å². The summed E-state index contributed by atoms with van der Waals surface area (Å²) >= 11 is 12.4. The zero-order chi connectivity index (χ0) is 29.0. The number of carbonyl (C=O) groups is 2. The predicted octanol–water partition coefficient (Wildman–Crippen LogP) is 5.83. The monoisotopic (exact) mass is 589 g/mol. The Balaban J connectivity index is 2.06. The standard InChI is InChI=1S/C29H33Cl2N3O4S/c1-20-25(31)12-9-13-26(20)34(39(37,38)24-10-7-6-8-11-24)19-27(35)33(18-22-14-16-23(30)17-15-22)21(2)28(36)32-29(3,4)5/h6-17,21H,18-19H2,1-5H3,(H,32,36)/t21-/m0/s1. The molecule has 0 aliphatic rings. The van der Waals surface area contributed by atoms with Gasteiger partial charge in [-0.3, -0.25) is 13.9 Å². The first kappa shape index (κ1) is 30.5. The number of amides is 2. The molecule has 7 nitrogen and oxygen atoms in total. The van der Waals surface area contributed by atoms with Crippen LogP contribution in [0.4, 0.5) is 5.69 Å². The van der Waals surface area contributed by atoms with Gasteiger partial charge in [0.2, 0.25) is 11.8 Å². The fraction of sp³-hybridized carbons (Fsp3) is 0.310. The van der Waals surface area contributed by atoms with Crippen molar-refractivity contribution in [3.8, 4) is 0 Å². The topological polar surface area (TPSA) is 86.8 Å². The second-order valence-corrected chi connectivity index (χ2v) is 13.0. The Morgan fingerprint density at radius 2 is 1.54 bits per heavy atom. The number of benzene rings is 3. The van der Waals surface area contributed by atoms with Crippen LogP contribution >= 0.6 is 23.2 Å². The third kappa shape index (κ3) is 7.75. The zero-order valence-corrected chi connectivity index (χ0v) is 24.9. The molecule has 3 aromatic carbocycles. The maximum absolute atomic E-state index is 14.0. The number of sulfonamides is 1. The summed E-state index contributed by atoms with van der Waals surface area (Å²) in [5.41, 5.74) is 0.993. The molecule has 3 aromatic rings. The normalized spacial score (nSPS) is 12.5. The third-order valence-corrected chi connectivity index (χ3v) is 8.48. The van der Waals surface area contributed by atoms with Crippen molar-refractivity contribution in [3.05, 3.63) is 94.0 Å². The smallest absolute Gasteiger partial charge is 0.264 e. The van der Waals surface area contributed by atoms with Crippen LogP contribution in [0.2, 0.25) is 10.0 Å².